The van der Waals surface area contributed by atoms with Crippen molar-refractivity contribution in [1.29, 1.82) is 0 Å². The molecule has 0 fully saturated rings. The van der Waals surface area contributed by atoms with E-state index < -0.39 is 0 Å². The normalized spacial score (nSPS) is 10.7. The van der Waals surface area contributed by atoms with Crippen LogP contribution < -0.4 is 9.47 Å². The molecule has 0 saturated carbocycles. The van der Waals surface area contributed by atoms with Crippen molar-refractivity contribution < 1.29 is 9.47 Å². The van der Waals surface area contributed by atoms with Crippen molar-refractivity contribution in [1.82, 2.24) is 4.98 Å². The van der Waals surface area contributed by atoms with Crippen LogP contribution in [0.15, 0.2) is 114 Å². The zero-order valence-electron chi connectivity index (χ0n) is 19.8. The van der Waals surface area contributed by atoms with Crippen LogP contribution in [-0.2, 0) is 6.61 Å². The van der Waals surface area contributed by atoms with E-state index in [1.807, 2.05) is 73.8 Å². The molecule has 4 nitrogen and oxygen atoms in total. The number of hydrogen-bond acceptors (Lipinski definition) is 4. The smallest absolute Gasteiger partial charge is 0.217 e. The van der Waals surface area contributed by atoms with Gasteiger partial charge in [0.1, 0.15) is 12.4 Å². The highest BCUT2D eigenvalue weighted by Gasteiger charge is 2.10. The summed E-state index contributed by atoms with van der Waals surface area (Å²) in [6.07, 6.45) is 1.86. The quantitative estimate of drug-likeness (QED) is 0.240. The predicted molar refractivity (Wildman–Crippen MR) is 142 cm³/mol. The summed E-state index contributed by atoms with van der Waals surface area (Å²) >= 11 is 0. The van der Waals surface area contributed by atoms with Crippen LogP contribution in [0.5, 0.6) is 11.6 Å². The molecule has 0 spiro atoms. The van der Waals surface area contributed by atoms with E-state index in [4.69, 9.17) is 14.5 Å². The minimum atomic E-state index is 0.448. The van der Waals surface area contributed by atoms with Crippen LogP contribution in [0.3, 0.4) is 0 Å². The van der Waals surface area contributed by atoms with Crippen LogP contribution >= 0.6 is 0 Å². The molecule has 0 bridgehead atoms. The van der Waals surface area contributed by atoms with Crippen LogP contribution in [0.4, 0.5) is 5.69 Å². The number of hydrogen-bond donors (Lipinski definition) is 0. The molecule has 35 heavy (non-hydrogen) atoms. The lowest BCUT2D eigenvalue weighted by molar-refractivity contribution is 0.292. The zero-order chi connectivity index (χ0) is 24.0. The Kier molecular flexibility index (Phi) is 6.53. The first-order valence-corrected chi connectivity index (χ1v) is 11.6. The summed E-state index contributed by atoms with van der Waals surface area (Å²) in [5.41, 5.74) is 6.05. The molecule has 0 atom stereocenters. The van der Waals surface area contributed by atoms with Crippen molar-refractivity contribution in [3.8, 4) is 11.6 Å². The first-order valence-electron chi connectivity index (χ1n) is 11.6. The standard InChI is InChI=1S/C31H26N2O2/c1-22-29-18-15-27(33-30(24-9-5-3-6-10-24)25-11-7-4-8-12-25)19-26(29)20-32-31(22)35-21-23-13-16-28(34-2)17-14-23/h3-20H,21H2,1-2H3. The predicted octanol–water partition coefficient (Wildman–Crippen LogP) is 7.30. The molecule has 4 heteroatoms. The Balaban J connectivity index is 1.44. The average molecular weight is 459 g/mol. The fourth-order valence-corrected chi connectivity index (χ4v) is 4.04. The number of aromatic nitrogens is 1. The molecule has 5 aromatic rings. The lowest BCUT2D eigenvalue weighted by atomic mass is 10.0. The van der Waals surface area contributed by atoms with Gasteiger partial charge >= 0.3 is 0 Å². The molecule has 0 N–H and O–H groups in total. The first kappa shape index (κ1) is 22.4. The van der Waals surface area contributed by atoms with Crippen LogP contribution in [-0.4, -0.2) is 17.8 Å². The van der Waals surface area contributed by atoms with Gasteiger partial charge in [0.15, 0.2) is 0 Å². The summed E-state index contributed by atoms with van der Waals surface area (Å²) in [5.74, 6) is 1.47. The topological polar surface area (TPSA) is 43.7 Å². The maximum Gasteiger partial charge on any atom is 0.217 e. The number of aryl methyl sites for hydroxylation is 1. The molecule has 0 aliphatic rings. The number of aliphatic imine (C=N–C) groups is 1. The van der Waals surface area contributed by atoms with E-state index in [-0.39, 0.29) is 0 Å². The Morgan fingerprint density at radius 3 is 2.09 bits per heavy atom. The van der Waals surface area contributed by atoms with Gasteiger partial charge in [0, 0.05) is 28.3 Å². The first-order chi connectivity index (χ1) is 17.2. The molecular formula is C31H26N2O2. The van der Waals surface area contributed by atoms with Crippen molar-refractivity contribution in [2.45, 2.75) is 13.5 Å². The van der Waals surface area contributed by atoms with E-state index in [9.17, 15) is 0 Å². The molecule has 0 aliphatic heterocycles. The van der Waals surface area contributed by atoms with Crippen molar-refractivity contribution >= 4 is 22.2 Å². The average Bonchev–Trinajstić information content (AvgIpc) is 2.92. The number of rotatable bonds is 7. The van der Waals surface area contributed by atoms with E-state index in [1.54, 1.807) is 7.11 Å². The molecule has 0 radical (unpaired) electrons. The third-order valence-corrected chi connectivity index (χ3v) is 5.95. The van der Waals surface area contributed by atoms with Gasteiger partial charge in [-0.25, -0.2) is 9.98 Å². The van der Waals surface area contributed by atoms with Crippen LogP contribution in [0, 0.1) is 6.92 Å². The molecule has 1 heterocycles. The van der Waals surface area contributed by atoms with Crippen LogP contribution in [0.25, 0.3) is 10.8 Å². The van der Waals surface area contributed by atoms with Gasteiger partial charge in [0.2, 0.25) is 5.88 Å². The maximum absolute atomic E-state index is 6.04. The lowest BCUT2D eigenvalue weighted by Crippen LogP contribution is -2.02. The number of fused-ring (bicyclic) bond motifs is 1. The second-order valence-electron chi connectivity index (χ2n) is 8.29. The van der Waals surface area contributed by atoms with E-state index >= 15 is 0 Å². The third-order valence-electron chi connectivity index (χ3n) is 5.95. The Labute approximate surface area is 205 Å². The zero-order valence-corrected chi connectivity index (χ0v) is 19.8. The van der Waals surface area contributed by atoms with Gasteiger partial charge in [-0.05, 0) is 42.1 Å². The van der Waals surface area contributed by atoms with Crippen molar-refractivity contribution in [2.24, 2.45) is 4.99 Å². The van der Waals surface area contributed by atoms with E-state index in [0.717, 1.165) is 50.2 Å². The molecule has 0 unspecified atom stereocenters. The van der Waals surface area contributed by atoms with Crippen molar-refractivity contribution in [3.63, 3.8) is 0 Å². The summed E-state index contributed by atoms with van der Waals surface area (Å²) in [7, 11) is 1.66. The van der Waals surface area contributed by atoms with E-state index in [0.29, 0.717) is 12.5 Å². The van der Waals surface area contributed by atoms with Gasteiger partial charge in [-0.15, -0.1) is 0 Å². The minimum Gasteiger partial charge on any atom is -0.497 e. The highest BCUT2D eigenvalue weighted by atomic mass is 16.5. The number of nitrogens with zero attached hydrogens (tertiary/aromatic N) is 2. The Hall–Kier alpha value is -4.44. The monoisotopic (exact) mass is 458 g/mol. The number of methoxy groups -OCH3 is 1. The van der Waals surface area contributed by atoms with Crippen molar-refractivity contribution in [2.75, 3.05) is 7.11 Å². The summed E-state index contributed by atoms with van der Waals surface area (Å²) in [5, 5.41) is 2.13. The molecule has 5 rings (SSSR count). The Bertz CT molecular complexity index is 1420. The lowest BCUT2D eigenvalue weighted by Gasteiger charge is -2.12. The second kappa shape index (κ2) is 10.2. The van der Waals surface area contributed by atoms with E-state index in [1.165, 1.54) is 0 Å². The van der Waals surface area contributed by atoms with Gasteiger partial charge in [0.05, 0.1) is 18.5 Å². The summed E-state index contributed by atoms with van der Waals surface area (Å²) in [6.45, 7) is 2.49. The SMILES string of the molecule is COc1ccc(COc2ncc3cc(N=C(c4ccccc4)c4ccccc4)ccc3c2C)cc1. The second-order valence-corrected chi connectivity index (χ2v) is 8.29. The molecule has 4 aromatic carbocycles. The van der Waals surface area contributed by atoms with Gasteiger partial charge in [-0.3, -0.25) is 0 Å². The third kappa shape index (κ3) is 5.07. The van der Waals surface area contributed by atoms with Crippen LogP contribution in [0.2, 0.25) is 0 Å². The fraction of sp³-hybridized carbons (Fsp3) is 0.0968. The molecule has 0 saturated heterocycles. The summed E-state index contributed by atoms with van der Waals surface area (Å²) < 4.78 is 11.3. The number of benzene rings is 4. The van der Waals surface area contributed by atoms with Gasteiger partial charge in [-0.2, -0.15) is 0 Å². The van der Waals surface area contributed by atoms with Gasteiger partial charge in [0.25, 0.3) is 0 Å². The highest BCUT2D eigenvalue weighted by molar-refractivity contribution is 6.14. The highest BCUT2D eigenvalue weighted by Crippen LogP contribution is 2.29. The number of ether oxygens (including phenoxy) is 2. The Morgan fingerprint density at radius 2 is 1.46 bits per heavy atom. The van der Waals surface area contributed by atoms with Gasteiger partial charge < -0.3 is 9.47 Å². The maximum atomic E-state index is 6.04. The van der Waals surface area contributed by atoms with Gasteiger partial charge in [-0.1, -0.05) is 78.9 Å². The number of pyridine rings is 1. The Morgan fingerprint density at radius 1 is 0.800 bits per heavy atom. The fourth-order valence-electron chi connectivity index (χ4n) is 4.04. The molecule has 0 aliphatic carbocycles. The summed E-state index contributed by atoms with van der Waals surface area (Å²) in [6, 6.07) is 34.6. The molecule has 0 amide bonds. The van der Waals surface area contributed by atoms with Crippen molar-refractivity contribution in [3.05, 3.63) is 132 Å². The minimum absolute atomic E-state index is 0.448. The molecular weight excluding hydrogens is 432 g/mol. The molecule has 1 aromatic heterocycles. The van der Waals surface area contributed by atoms with E-state index in [2.05, 4.69) is 47.4 Å². The largest absolute Gasteiger partial charge is 0.497 e. The molecule has 172 valence electrons. The van der Waals surface area contributed by atoms with Crippen LogP contribution in [0.1, 0.15) is 22.3 Å². The summed E-state index contributed by atoms with van der Waals surface area (Å²) in [4.78, 5) is 9.64.